The van der Waals surface area contributed by atoms with E-state index in [1.807, 2.05) is 4.72 Å². The molecule has 0 aliphatic carbocycles. The van der Waals surface area contributed by atoms with Crippen molar-refractivity contribution in [3.63, 3.8) is 0 Å². The summed E-state index contributed by atoms with van der Waals surface area (Å²) in [7, 11) is -6.25. The summed E-state index contributed by atoms with van der Waals surface area (Å²) in [6, 6.07) is 3.15. The van der Waals surface area contributed by atoms with Gasteiger partial charge in [-0.1, -0.05) is 6.07 Å². The predicted octanol–water partition coefficient (Wildman–Crippen LogP) is 0.381. The van der Waals surface area contributed by atoms with Crippen molar-refractivity contribution in [1.82, 2.24) is 14.3 Å². The summed E-state index contributed by atoms with van der Waals surface area (Å²) in [6.07, 6.45) is -3.36. The first-order chi connectivity index (χ1) is 12.2. The average Bonchev–Trinajstić information content (AvgIpc) is 2.55. The minimum atomic E-state index is -4.69. The van der Waals surface area contributed by atoms with Crippen LogP contribution >= 0.6 is 0 Å². The predicted molar refractivity (Wildman–Crippen MR) is 91.7 cm³/mol. The average molecular weight is 431 g/mol. The number of nitrogens with zero attached hydrogens (tertiary/aromatic N) is 1. The molecule has 1 aromatic carbocycles. The Bertz CT molecular complexity index is 870. The number of carbonyl (C=O) groups is 1. The van der Waals surface area contributed by atoms with Crippen molar-refractivity contribution in [3.05, 3.63) is 29.8 Å². The molecule has 0 aliphatic rings. The number of carbonyl (C=O) groups excluding carboxylic acids is 1. The fraction of sp³-hybridized carbons (Fsp3) is 0.500. The van der Waals surface area contributed by atoms with E-state index in [9.17, 15) is 34.8 Å². The van der Waals surface area contributed by atoms with Crippen molar-refractivity contribution in [2.75, 3.05) is 32.9 Å². The monoisotopic (exact) mass is 431 g/mol. The lowest BCUT2D eigenvalue weighted by atomic mass is 10.2. The quantitative estimate of drug-likeness (QED) is 0.549. The fourth-order valence-corrected chi connectivity index (χ4v) is 3.33. The van der Waals surface area contributed by atoms with Gasteiger partial charge in [0.15, 0.2) is 0 Å². The van der Waals surface area contributed by atoms with Gasteiger partial charge in [-0.3, -0.25) is 4.79 Å². The van der Waals surface area contributed by atoms with E-state index >= 15 is 0 Å². The number of hydrogen-bond donors (Lipinski definition) is 2. The van der Waals surface area contributed by atoms with Crippen molar-refractivity contribution in [3.8, 4) is 0 Å². The maximum Gasteiger partial charge on any atom is 0.416 e. The third-order valence-electron chi connectivity index (χ3n) is 3.43. The highest BCUT2D eigenvalue weighted by Gasteiger charge is 2.31. The molecule has 0 spiro atoms. The van der Waals surface area contributed by atoms with Gasteiger partial charge in [0.05, 0.1) is 23.3 Å². The third-order valence-corrected chi connectivity index (χ3v) is 6.15. The van der Waals surface area contributed by atoms with Gasteiger partial charge in [0.2, 0.25) is 26.0 Å². The van der Waals surface area contributed by atoms with Crippen LogP contribution in [0.4, 0.5) is 13.2 Å². The molecule has 27 heavy (non-hydrogen) atoms. The number of sulfonamides is 2. The maximum atomic E-state index is 12.7. The van der Waals surface area contributed by atoms with Gasteiger partial charge in [0.25, 0.3) is 0 Å². The maximum absolute atomic E-state index is 12.7. The fourth-order valence-electron chi connectivity index (χ4n) is 1.84. The van der Waals surface area contributed by atoms with Crippen molar-refractivity contribution in [1.29, 1.82) is 0 Å². The van der Waals surface area contributed by atoms with Gasteiger partial charge in [-0.05, 0) is 24.6 Å². The molecule has 8 nitrogen and oxygen atoms in total. The molecular formula is C14H20F3N3O5S2. The molecule has 0 saturated carbocycles. The Morgan fingerprint density at radius 3 is 2.37 bits per heavy atom. The van der Waals surface area contributed by atoms with Gasteiger partial charge in [0, 0.05) is 20.1 Å². The summed E-state index contributed by atoms with van der Waals surface area (Å²) >= 11 is 0. The SMILES string of the molecule is CN(CCCNC(=O)CNS(=O)(=O)c1cccc(C(F)(F)F)c1)S(C)(=O)=O. The number of alkyl halides is 3. The van der Waals surface area contributed by atoms with E-state index in [1.165, 1.54) is 7.05 Å². The molecule has 1 rings (SSSR count). The number of benzene rings is 1. The van der Waals surface area contributed by atoms with Crippen LogP contribution in [-0.2, 0) is 31.0 Å². The third kappa shape index (κ3) is 7.82. The number of hydrogen-bond acceptors (Lipinski definition) is 5. The Kier molecular flexibility index (Phi) is 7.77. The lowest BCUT2D eigenvalue weighted by molar-refractivity contribution is -0.137. The number of nitrogens with one attached hydrogen (secondary N) is 2. The summed E-state index contributed by atoms with van der Waals surface area (Å²) in [4.78, 5) is 11.0. The van der Waals surface area contributed by atoms with Crippen molar-refractivity contribution < 1.29 is 34.8 Å². The van der Waals surface area contributed by atoms with Gasteiger partial charge in [-0.25, -0.2) is 25.9 Å². The topological polar surface area (TPSA) is 113 Å². The van der Waals surface area contributed by atoms with E-state index in [4.69, 9.17) is 0 Å². The van der Waals surface area contributed by atoms with Gasteiger partial charge in [-0.2, -0.15) is 13.2 Å². The van der Waals surface area contributed by atoms with E-state index in [2.05, 4.69) is 5.32 Å². The van der Waals surface area contributed by atoms with Gasteiger partial charge in [-0.15, -0.1) is 0 Å². The summed E-state index contributed by atoms with van der Waals surface area (Å²) in [5.74, 6) is -0.701. The molecule has 0 bridgehead atoms. The van der Waals surface area contributed by atoms with E-state index in [0.717, 1.165) is 28.8 Å². The van der Waals surface area contributed by atoms with Crippen molar-refractivity contribution in [2.24, 2.45) is 0 Å². The summed E-state index contributed by atoms with van der Waals surface area (Å²) in [6.45, 7) is -0.403. The van der Waals surface area contributed by atoms with Crippen LogP contribution in [0.3, 0.4) is 0 Å². The second kappa shape index (κ2) is 8.99. The molecule has 154 valence electrons. The summed E-state index contributed by atoms with van der Waals surface area (Å²) < 4.78 is 87.4. The van der Waals surface area contributed by atoms with Crippen LogP contribution in [0, 0.1) is 0 Å². The van der Waals surface area contributed by atoms with Gasteiger partial charge in [0.1, 0.15) is 0 Å². The molecular weight excluding hydrogens is 411 g/mol. The highest BCUT2D eigenvalue weighted by atomic mass is 32.2. The highest BCUT2D eigenvalue weighted by molar-refractivity contribution is 7.89. The molecule has 0 atom stereocenters. The zero-order valence-corrected chi connectivity index (χ0v) is 16.2. The Hall–Kier alpha value is -1.70. The smallest absolute Gasteiger partial charge is 0.355 e. The molecule has 0 saturated heterocycles. The largest absolute Gasteiger partial charge is 0.416 e. The molecule has 0 aromatic heterocycles. The number of rotatable bonds is 9. The van der Waals surface area contributed by atoms with E-state index in [1.54, 1.807) is 0 Å². The molecule has 0 heterocycles. The molecule has 0 radical (unpaired) electrons. The van der Waals surface area contributed by atoms with Crippen LogP contribution in [0.15, 0.2) is 29.2 Å². The summed E-state index contributed by atoms with van der Waals surface area (Å²) in [5.41, 5.74) is -1.12. The molecule has 2 N–H and O–H groups in total. The Morgan fingerprint density at radius 1 is 1.19 bits per heavy atom. The first-order valence-electron chi connectivity index (χ1n) is 7.58. The molecule has 0 unspecified atom stereocenters. The molecule has 1 amide bonds. The van der Waals surface area contributed by atoms with E-state index in [-0.39, 0.29) is 13.1 Å². The van der Waals surface area contributed by atoms with Crippen molar-refractivity contribution >= 4 is 26.0 Å². The van der Waals surface area contributed by atoms with Crippen LogP contribution < -0.4 is 10.0 Å². The van der Waals surface area contributed by atoms with Crippen LogP contribution in [-0.4, -0.2) is 60.0 Å². The van der Waals surface area contributed by atoms with Crippen molar-refractivity contribution in [2.45, 2.75) is 17.5 Å². The van der Waals surface area contributed by atoms with E-state index in [0.29, 0.717) is 12.5 Å². The minimum Gasteiger partial charge on any atom is -0.355 e. The standard InChI is InChI=1S/C14H20F3N3O5S2/c1-20(26(2,22)23)8-4-7-18-13(21)10-19-27(24,25)12-6-3-5-11(9-12)14(15,16)17/h3,5-6,9,19H,4,7-8,10H2,1-2H3,(H,18,21). The Morgan fingerprint density at radius 2 is 1.81 bits per heavy atom. The first-order valence-corrected chi connectivity index (χ1v) is 10.9. The van der Waals surface area contributed by atoms with Crippen LogP contribution in [0.25, 0.3) is 0 Å². The first kappa shape index (κ1) is 23.3. The molecule has 0 fully saturated rings. The number of halogens is 3. The molecule has 13 heteroatoms. The van der Waals surface area contributed by atoms with Crippen LogP contribution in [0.2, 0.25) is 0 Å². The van der Waals surface area contributed by atoms with Gasteiger partial charge < -0.3 is 5.32 Å². The highest BCUT2D eigenvalue weighted by Crippen LogP contribution is 2.30. The normalized spacial score (nSPS) is 13.0. The van der Waals surface area contributed by atoms with Crippen LogP contribution in [0.1, 0.15) is 12.0 Å². The second-order valence-electron chi connectivity index (χ2n) is 5.64. The zero-order chi connectivity index (χ0) is 20.9. The van der Waals surface area contributed by atoms with Gasteiger partial charge >= 0.3 is 6.18 Å². The summed E-state index contributed by atoms with van der Waals surface area (Å²) in [5, 5.41) is 2.38. The number of amides is 1. The van der Waals surface area contributed by atoms with Crippen LogP contribution in [0.5, 0.6) is 0 Å². The lowest BCUT2D eigenvalue weighted by Gasteiger charge is -2.14. The Labute approximate surface area is 155 Å². The molecule has 1 aromatic rings. The minimum absolute atomic E-state index is 0.101. The van der Waals surface area contributed by atoms with E-state index < -0.39 is 49.1 Å². The molecule has 0 aliphatic heterocycles. The Balaban J connectivity index is 2.53. The lowest BCUT2D eigenvalue weighted by Crippen LogP contribution is -2.38. The second-order valence-corrected chi connectivity index (χ2v) is 9.49. The zero-order valence-electron chi connectivity index (χ0n) is 14.6.